The molecule has 0 spiro atoms. The summed E-state index contributed by atoms with van der Waals surface area (Å²) < 4.78 is 0. The van der Waals surface area contributed by atoms with Crippen LogP contribution >= 0.6 is 12.6 Å². The lowest BCUT2D eigenvalue weighted by Gasteiger charge is -2.03. The van der Waals surface area contributed by atoms with Gasteiger partial charge >= 0.3 is 0 Å². The van der Waals surface area contributed by atoms with Gasteiger partial charge < -0.3 is 5.73 Å². The third-order valence-corrected chi connectivity index (χ3v) is 4.89. The van der Waals surface area contributed by atoms with Crippen LogP contribution in [0.4, 0.5) is 0 Å². The van der Waals surface area contributed by atoms with E-state index in [1.165, 1.54) is 116 Å². The summed E-state index contributed by atoms with van der Waals surface area (Å²) in [5.41, 5.74) is 5.48. The highest BCUT2D eigenvalue weighted by atomic mass is 32.1. The van der Waals surface area contributed by atoms with Crippen molar-refractivity contribution in [1.29, 1.82) is 0 Å². The van der Waals surface area contributed by atoms with Crippen molar-refractivity contribution in [2.24, 2.45) is 5.73 Å². The monoisotopic (exact) mass is 359 g/mol. The van der Waals surface area contributed by atoms with Gasteiger partial charge in [-0.2, -0.15) is 12.6 Å². The molecule has 148 valence electrons. The molecule has 0 rings (SSSR count). The molecule has 0 saturated heterocycles. The van der Waals surface area contributed by atoms with E-state index < -0.39 is 0 Å². The minimum absolute atomic E-state index is 0.873. The van der Waals surface area contributed by atoms with E-state index in [-0.39, 0.29) is 0 Å². The summed E-state index contributed by atoms with van der Waals surface area (Å²) >= 11 is 4.00. The van der Waals surface area contributed by atoms with Gasteiger partial charge in [0.05, 0.1) is 0 Å². The van der Waals surface area contributed by atoms with Crippen LogP contribution in [0.25, 0.3) is 0 Å². The fraction of sp³-hybridized carbons (Fsp3) is 1.00. The Balaban J connectivity index is 0. The zero-order valence-corrected chi connectivity index (χ0v) is 18.1. The van der Waals surface area contributed by atoms with Crippen molar-refractivity contribution in [2.45, 2.75) is 129 Å². The summed E-state index contributed by atoms with van der Waals surface area (Å²) in [6, 6.07) is 0. The van der Waals surface area contributed by atoms with Gasteiger partial charge in [0.2, 0.25) is 0 Å². The second-order valence-electron chi connectivity index (χ2n) is 7.17. The van der Waals surface area contributed by atoms with Gasteiger partial charge in [0, 0.05) is 0 Å². The van der Waals surface area contributed by atoms with Crippen LogP contribution in [-0.4, -0.2) is 12.3 Å². The van der Waals surface area contributed by atoms with E-state index in [2.05, 4.69) is 26.5 Å². The van der Waals surface area contributed by atoms with Gasteiger partial charge in [0.25, 0.3) is 0 Å². The van der Waals surface area contributed by atoms with Crippen LogP contribution in [-0.2, 0) is 0 Å². The first-order valence-corrected chi connectivity index (χ1v) is 11.8. The third kappa shape index (κ3) is 30.2. The Hall–Kier alpha value is 0.310. The van der Waals surface area contributed by atoms with Crippen LogP contribution in [0, 0.1) is 0 Å². The molecule has 0 aromatic carbocycles. The first kappa shape index (κ1) is 26.5. The van der Waals surface area contributed by atoms with Crippen molar-refractivity contribution >= 4 is 12.6 Å². The van der Waals surface area contributed by atoms with E-state index in [0.29, 0.717) is 0 Å². The molecule has 0 radical (unpaired) electrons. The molecule has 0 saturated carbocycles. The van der Waals surface area contributed by atoms with Gasteiger partial charge in [-0.1, -0.05) is 117 Å². The van der Waals surface area contributed by atoms with Crippen molar-refractivity contribution in [3.05, 3.63) is 0 Å². The third-order valence-electron chi connectivity index (χ3n) is 4.57. The summed E-state index contributed by atoms with van der Waals surface area (Å²) in [7, 11) is 0. The fourth-order valence-electron chi connectivity index (χ4n) is 2.85. The SMILES string of the molecule is CCCCCCCCCCCCCCCCCCN.CCCCS. The first-order chi connectivity index (χ1) is 11.8. The van der Waals surface area contributed by atoms with Crippen LogP contribution in [0.1, 0.15) is 129 Å². The maximum absolute atomic E-state index is 5.48. The summed E-state index contributed by atoms with van der Waals surface area (Å²) in [5.74, 6) is 1.04. The molecule has 0 aromatic heterocycles. The minimum Gasteiger partial charge on any atom is -0.330 e. The number of hydrogen-bond acceptors (Lipinski definition) is 2. The Morgan fingerprint density at radius 2 is 0.750 bits per heavy atom. The molecule has 0 aliphatic heterocycles. The van der Waals surface area contributed by atoms with Crippen molar-refractivity contribution in [2.75, 3.05) is 12.3 Å². The lowest BCUT2D eigenvalue weighted by molar-refractivity contribution is 0.530. The average molecular weight is 360 g/mol. The maximum Gasteiger partial charge on any atom is -0.00773 e. The lowest BCUT2D eigenvalue weighted by Crippen LogP contribution is -1.97. The summed E-state index contributed by atoms with van der Waals surface area (Å²) in [4.78, 5) is 0. The van der Waals surface area contributed by atoms with E-state index in [0.717, 1.165) is 12.3 Å². The Morgan fingerprint density at radius 1 is 0.458 bits per heavy atom. The summed E-state index contributed by atoms with van der Waals surface area (Å²) in [6.07, 6.45) is 25.4. The van der Waals surface area contributed by atoms with Crippen LogP contribution in [0.2, 0.25) is 0 Å². The highest BCUT2D eigenvalue weighted by Crippen LogP contribution is 2.13. The lowest BCUT2D eigenvalue weighted by atomic mass is 10.0. The Labute approximate surface area is 160 Å². The van der Waals surface area contributed by atoms with Gasteiger partial charge in [-0.3, -0.25) is 0 Å². The largest absolute Gasteiger partial charge is 0.330 e. The molecule has 0 amide bonds. The van der Waals surface area contributed by atoms with E-state index in [1.807, 2.05) is 0 Å². The number of hydrogen-bond donors (Lipinski definition) is 2. The molecule has 0 aliphatic rings. The second-order valence-corrected chi connectivity index (χ2v) is 7.62. The van der Waals surface area contributed by atoms with Crippen LogP contribution < -0.4 is 5.73 Å². The van der Waals surface area contributed by atoms with E-state index >= 15 is 0 Å². The van der Waals surface area contributed by atoms with Crippen molar-refractivity contribution < 1.29 is 0 Å². The highest BCUT2D eigenvalue weighted by molar-refractivity contribution is 7.80. The standard InChI is InChI=1S/C18H39N.C4H10S/c1-2-3-4-5-6-7-8-9-10-11-12-13-14-15-16-17-18-19;1-2-3-4-5/h2-19H2,1H3;5H,2-4H2,1H3. The maximum atomic E-state index is 5.48. The van der Waals surface area contributed by atoms with E-state index in [4.69, 9.17) is 5.73 Å². The molecule has 0 heterocycles. The molecule has 24 heavy (non-hydrogen) atoms. The van der Waals surface area contributed by atoms with Gasteiger partial charge in [0.15, 0.2) is 0 Å². The predicted molar refractivity (Wildman–Crippen MR) is 117 cm³/mol. The molecule has 2 heteroatoms. The number of unbranched alkanes of at least 4 members (excludes halogenated alkanes) is 16. The Kier molecular flexibility index (Phi) is 31.1. The number of nitrogens with two attached hydrogens (primary N) is 1. The van der Waals surface area contributed by atoms with Gasteiger partial charge in [-0.15, -0.1) is 0 Å². The smallest absolute Gasteiger partial charge is 0.00773 e. The van der Waals surface area contributed by atoms with E-state index in [9.17, 15) is 0 Å². The zero-order chi connectivity index (χ0) is 18.1. The first-order valence-electron chi connectivity index (χ1n) is 11.1. The topological polar surface area (TPSA) is 26.0 Å². The molecule has 0 aliphatic carbocycles. The predicted octanol–water partition coefficient (Wildman–Crippen LogP) is 7.92. The minimum atomic E-state index is 0.873. The fourth-order valence-corrected chi connectivity index (χ4v) is 3.17. The molecule has 1 nitrogen and oxygen atoms in total. The average Bonchev–Trinajstić information content (AvgIpc) is 2.60. The molecule has 2 N–H and O–H groups in total. The number of rotatable bonds is 18. The molecule has 0 bridgehead atoms. The zero-order valence-electron chi connectivity index (χ0n) is 17.2. The van der Waals surface area contributed by atoms with Crippen LogP contribution in [0.3, 0.4) is 0 Å². The Morgan fingerprint density at radius 3 is 0.958 bits per heavy atom. The number of thiol groups is 1. The molecule has 0 fully saturated rings. The highest BCUT2D eigenvalue weighted by Gasteiger charge is 1.94. The summed E-state index contributed by atoms with van der Waals surface area (Å²) in [6.45, 7) is 5.33. The van der Waals surface area contributed by atoms with Crippen LogP contribution in [0.15, 0.2) is 0 Å². The second kappa shape index (κ2) is 28.1. The molecular weight excluding hydrogens is 310 g/mol. The summed E-state index contributed by atoms with van der Waals surface area (Å²) in [5, 5.41) is 0. The normalized spacial score (nSPS) is 10.5. The molecular formula is C22H49NS. The van der Waals surface area contributed by atoms with Gasteiger partial charge in [0.1, 0.15) is 0 Å². The van der Waals surface area contributed by atoms with Crippen LogP contribution in [0.5, 0.6) is 0 Å². The van der Waals surface area contributed by atoms with Crippen molar-refractivity contribution in [3.63, 3.8) is 0 Å². The molecule has 0 aromatic rings. The van der Waals surface area contributed by atoms with Gasteiger partial charge in [-0.25, -0.2) is 0 Å². The van der Waals surface area contributed by atoms with Crippen molar-refractivity contribution in [1.82, 2.24) is 0 Å². The quantitative estimate of drug-likeness (QED) is 0.188. The molecule has 0 unspecified atom stereocenters. The Bertz CT molecular complexity index is 167. The molecule has 0 atom stereocenters. The van der Waals surface area contributed by atoms with Crippen molar-refractivity contribution in [3.8, 4) is 0 Å². The van der Waals surface area contributed by atoms with E-state index in [1.54, 1.807) is 0 Å². The van der Waals surface area contributed by atoms with Gasteiger partial charge in [-0.05, 0) is 25.1 Å².